The Bertz CT molecular complexity index is 346. The van der Waals surface area contributed by atoms with Gasteiger partial charge in [-0.1, -0.05) is 6.92 Å². The predicted molar refractivity (Wildman–Crippen MR) is 56.3 cm³/mol. The molecule has 88 valence electrons. The van der Waals surface area contributed by atoms with Crippen LogP contribution in [0.25, 0.3) is 0 Å². The second-order valence-corrected chi connectivity index (χ2v) is 3.45. The highest BCUT2D eigenvalue weighted by atomic mass is 16.5. The lowest BCUT2D eigenvalue weighted by Gasteiger charge is -2.23. The summed E-state index contributed by atoms with van der Waals surface area (Å²) in [6.07, 6.45) is 1.85. The van der Waals surface area contributed by atoms with Gasteiger partial charge in [0, 0.05) is 12.6 Å². The number of nitrogens with zero attached hydrogens (tertiary/aromatic N) is 1. The van der Waals surface area contributed by atoms with E-state index in [1.165, 1.54) is 6.08 Å². The van der Waals surface area contributed by atoms with Crippen LogP contribution >= 0.6 is 0 Å². The third-order valence-corrected chi connectivity index (χ3v) is 2.19. The SMILES string of the molecule is CCCN1C(=O)C=C(C(=O)OCC)CC1=O. The van der Waals surface area contributed by atoms with Crippen LogP contribution in [0.3, 0.4) is 0 Å². The number of esters is 1. The van der Waals surface area contributed by atoms with Crippen molar-refractivity contribution in [2.75, 3.05) is 13.2 Å². The van der Waals surface area contributed by atoms with Gasteiger partial charge in [0.2, 0.25) is 5.91 Å². The van der Waals surface area contributed by atoms with Crippen LogP contribution in [0, 0.1) is 0 Å². The third kappa shape index (κ3) is 2.68. The summed E-state index contributed by atoms with van der Waals surface area (Å²) in [5.74, 6) is -1.35. The zero-order chi connectivity index (χ0) is 12.1. The van der Waals surface area contributed by atoms with E-state index in [1.54, 1.807) is 6.92 Å². The Morgan fingerprint density at radius 1 is 1.44 bits per heavy atom. The van der Waals surface area contributed by atoms with Gasteiger partial charge < -0.3 is 4.74 Å². The topological polar surface area (TPSA) is 63.7 Å². The second kappa shape index (κ2) is 5.44. The molecular weight excluding hydrogens is 210 g/mol. The van der Waals surface area contributed by atoms with Crippen molar-refractivity contribution >= 4 is 17.8 Å². The lowest BCUT2D eigenvalue weighted by Crippen LogP contribution is -2.40. The van der Waals surface area contributed by atoms with Crippen LogP contribution in [0.15, 0.2) is 11.6 Å². The average Bonchev–Trinajstić information content (AvgIpc) is 2.23. The first-order valence-electron chi connectivity index (χ1n) is 5.32. The van der Waals surface area contributed by atoms with Crippen molar-refractivity contribution in [2.45, 2.75) is 26.7 Å². The van der Waals surface area contributed by atoms with Gasteiger partial charge in [0.05, 0.1) is 18.6 Å². The summed E-state index contributed by atoms with van der Waals surface area (Å²) >= 11 is 0. The minimum atomic E-state index is -0.583. The number of hydrogen-bond acceptors (Lipinski definition) is 4. The fraction of sp³-hybridized carbons (Fsp3) is 0.545. The van der Waals surface area contributed by atoms with Crippen LogP contribution in [-0.4, -0.2) is 35.8 Å². The molecular formula is C11H15NO4. The van der Waals surface area contributed by atoms with Crippen molar-refractivity contribution in [2.24, 2.45) is 0 Å². The van der Waals surface area contributed by atoms with Gasteiger partial charge in [-0.2, -0.15) is 0 Å². The van der Waals surface area contributed by atoms with Crippen LogP contribution in [0.1, 0.15) is 26.7 Å². The number of amides is 2. The van der Waals surface area contributed by atoms with E-state index in [0.29, 0.717) is 13.0 Å². The van der Waals surface area contributed by atoms with Crippen LogP contribution in [0.5, 0.6) is 0 Å². The molecule has 5 heteroatoms. The van der Waals surface area contributed by atoms with Crippen molar-refractivity contribution in [1.29, 1.82) is 0 Å². The Labute approximate surface area is 94.1 Å². The molecule has 0 radical (unpaired) electrons. The number of carbonyl (C=O) groups is 3. The predicted octanol–water partition coefficient (Wildman–Crippen LogP) is 0.645. The third-order valence-electron chi connectivity index (χ3n) is 2.19. The number of rotatable bonds is 4. The highest BCUT2D eigenvalue weighted by molar-refractivity contribution is 6.11. The summed E-state index contributed by atoms with van der Waals surface area (Å²) in [7, 11) is 0. The van der Waals surface area contributed by atoms with E-state index in [0.717, 1.165) is 4.90 Å². The van der Waals surface area contributed by atoms with Gasteiger partial charge in [-0.3, -0.25) is 14.5 Å². The molecule has 1 rings (SSSR count). The summed E-state index contributed by atoms with van der Waals surface area (Å²) in [5, 5.41) is 0. The molecule has 0 aliphatic carbocycles. The molecule has 0 aromatic heterocycles. The first-order valence-corrected chi connectivity index (χ1v) is 5.32. The maximum atomic E-state index is 11.6. The van der Waals surface area contributed by atoms with Gasteiger partial charge >= 0.3 is 5.97 Å². The zero-order valence-corrected chi connectivity index (χ0v) is 9.49. The van der Waals surface area contributed by atoms with Crippen LogP contribution < -0.4 is 0 Å². The Morgan fingerprint density at radius 2 is 2.12 bits per heavy atom. The van der Waals surface area contributed by atoms with Gasteiger partial charge in [-0.05, 0) is 13.3 Å². The molecule has 0 unspecified atom stereocenters. The molecule has 0 aromatic carbocycles. The van der Waals surface area contributed by atoms with E-state index < -0.39 is 11.9 Å². The Hall–Kier alpha value is -1.65. The Morgan fingerprint density at radius 3 is 2.62 bits per heavy atom. The summed E-state index contributed by atoms with van der Waals surface area (Å²) in [5.41, 5.74) is 0.143. The van der Waals surface area contributed by atoms with E-state index in [-0.39, 0.29) is 24.5 Å². The normalized spacial score (nSPS) is 16.1. The lowest BCUT2D eigenvalue weighted by atomic mass is 10.1. The molecule has 0 saturated carbocycles. The van der Waals surface area contributed by atoms with Crippen LogP contribution in [0.2, 0.25) is 0 Å². The number of ether oxygens (including phenoxy) is 1. The van der Waals surface area contributed by atoms with Crippen molar-refractivity contribution in [3.8, 4) is 0 Å². The standard InChI is InChI=1S/C11H15NO4/c1-3-5-12-9(13)6-8(7-10(12)14)11(15)16-4-2/h6H,3-5,7H2,1-2H3. The molecule has 0 bridgehead atoms. The minimum absolute atomic E-state index is 0.0510. The maximum absolute atomic E-state index is 11.6. The largest absolute Gasteiger partial charge is 0.463 e. The number of carbonyl (C=O) groups excluding carboxylic acids is 3. The van der Waals surface area contributed by atoms with Crippen LogP contribution in [0.4, 0.5) is 0 Å². The molecule has 2 amide bonds. The molecule has 0 fully saturated rings. The average molecular weight is 225 g/mol. The van der Waals surface area contributed by atoms with E-state index in [4.69, 9.17) is 4.74 Å². The fourth-order valence-corrected chi connectivity index (χ4v) is 1.47. The molecule has 0 spiro atoms. The molecule has 0 N–H and O–H groups in total. The van der Waals surface area contributed by atoms with Gasteiger partial charge in [-0.15, -0.1) is 0 Å². The molecule has 1 heterocycles. The smallest absolute Gasteiger partial charge is 0.334 e. The summed E-state index contributed by atoms with van der Waals surface area (Å²) in [6.45, 7) is 4.18. The number of hydrogen-bond donors (Lipinski definition) is 0. The van der Waals surface area contributed by atoms with E-state index >= 15 is 0 Å². The Kier molecular flexibility index (Phi) is 4.22. The van der Waals surface area contributed by atoms with Crippen molar-refractivity contribution < 1.29 is 19.1 Å². The summed E-state index contributed by atoms with van der Waals surface area (Å²) in [6, 6.07) is 0. The maximum Gasteiger partial charge on any atom is 0.334 e. The molecule has 1 aliphatic heterocycles. The monoisotopic (exact) mass is 225 g/mol. The van der Waals surface area contributed by atoms with Gasteiger partial charge in [-0.25, -0.2) is 4.79 Å². The first-order chi connectivity index (χ1) is 7.60. The van der Waals surface area contributed by atoms with Gasteiger partial charge in [0.15, 0.2) is 0 Å². The molecule has 1 aliphatic rings. The fourth-order valence-electron chi connectivity index (χ4n) is 1.47. The summed E-state index contributed by atoms with van der Waals surface area (Å²) < 4.78 is 4.74. The number of imide groups is 1. The van der Waals surface area contributed by atoms with Crippen LogP contribution in [-0.2, 0) is 19.1 Å². The molecule has 16 heavy (non-hydrogen) atoms. The zero-order valence-electron chi connectivity index (χ0n) is 9.49. The van der Waals surface area contributed by atoms with Crippen molar-refractivity contribution in [3.05, 3.63) is 11.6 Å². The van der Waals surface area contributed by atoms with Crippen molar-refractivity contribution in [1.82, 2.24) is 4.90 Å². The van der Waals surface area contributed by atoms with Crippen molar-refractivity contribution in [3.63, 3.8) is 0 Å². The lowest BCUT2D eigenvalue weighted by molar-refractivity contribution is -0.146. The molecule has 0 saturated heterocycles. The van der Waals surface area contributed by atoms with Gasteiger partial charge in [0.25, 0.3) is 5.91 Å². The summed E-state index contributed by atoms with van der Waals surface area (Å²) in [4.78, 5) is 35.6. The Balaban J connectivity index is 2.79. The first kappa shape index (κ1) is 12.4. The van der Waals surface area contributed by atoms with E-state index in [1.807, 2.05) is 6.92 Å². The molecule has 0 atom stereocenters. The van der Waals surface area contributed by atoms with E-state index in [2.05, 4.69) is 0 Å². The molecule has 5 nitrogen and oxygen atoms in total. The highest BCUT2D eigenvalue weighted by Gasteiger charge is 2.29. The second-order valence-electron chi connectivity index (χ2n) is 3.45. The minimum Gasteiger partial charge on any atom is -0.463 e. The molecule has 0 aromatic rings. The quantitative estimate of drug-likeness (QED) is 0.520. The van der Waals surface area contributed by atoms with Gasteiger partial charge in [0.1, 0.15) is 0 Å². The highest BCUT2D eigenvalue weighted by Crippen LogP contribution is 2.15. The van der Waals surface area contributed by atoms with E-state index in [9.17, 15) is 14.4 Å².